The molecule has 0 aliphatic heterocycles. The summed E-state index contributed by atoms with van der Waals surface area (Å²) >= 11 is 9.50. The zero-order valence-electron chi connectivity index (χ0n) is 12.1. The molecule has 3 nitrogen and oxygen atoms in total. The van der Waals surface area contributed by atoms with Crippen molar-refractivity contribution in [2.45, 2.75) is 6.54 Å². The molecule has 1 heterocycles. The second-order valence-electron chi connectivity index (χ2n) is 5.02. The third-order valence-corrected chi connectivity index (χ3v) is 4.18. The lowest BCUT2D eigenvalue weighted by molar-refractivity contribution is 0.907. The highest BCUT2D eigenvalue weighted by molar-refractivity contribution is 9.10. The van der Waals surface area contributed by atoms with Crippen LogP contribution >= 0.6 is 27.5 Å². The first-order valence-electron chi connectivity index (χ1n) is 6.89. The molecule has 1 aromatic heterocycles. The first-order valence-corrected chi connectivity index (χ1v) is 8.06. The minimum Gasteiger partial charge on any atom is -0.352 e. The monoisotopic (exact) mass is 375 g/mol. The molecule has 0 saturated carbocycles. The Kier molecular flexibility index (Phi) is 4.50. The average Bonchev–Trinajstić information content (AvgIpc) is 2.86. The molecule has 22 heavy (non-hydrogen) atoms. The Balaban J connectivity index is 1.79. The van der Waals surface area contributed by atoms with Gasteiger partial charge in [-0.2, -0.15) is 0 Å². The van der Waals surface area contributed by atoms with Crippen molar-refractivity contribution in [1.29, 1.82) is 0 Å². The fraction of sp³-hybridized carbons (Fsp3) is 0.118. The molecule has 0 unspecified atom stereocenters. The summed E-state index contributed by atoms with van der Waals surface area (Å²) in [5, 5.41) is 4.09. The molecule has 112 valence electrons. The number of aromatic nitrogens is 2. The van der Waals surface area contributed by atoms with Crippen LogP contribution in [0.25, 0.3) is 11.3 Å². The largest absolute Gasteiger partial charge is 0.352 e. The summed E-state index contributed by atoms with van der Waals surface area (Å²) in [5.74, 6) is 0.829. The van der Waals surface area contributed by atoms with E-state index in [0.717, 1.165) is 32.3 Å². The van der Waals surface area contributed by atoms with Crippen molar-refractivity contribution in [2.75, 3.05) is 5.32 Å². The molecule has 0 amide bonds. The van der Waals surface area contributed by atoms with Gasteiger partial charge in [-0.15, -0.1) is 0 Å². The fourth-order valence-electron chi connectivity index (χ4n) is 2.32. The first kappa shape index (κ1) is 15.1. The van der Waals surface area contributed by atoms with Crippen molar-refractivity contribution in [3.05, 3.63) is 69.8 Å². The van der Waals surface area contributed by atoms with E-state index in [9.17, 15) is 0 Å². The van der Waals surface area contributed by atoms with Crippen molar-refractivity contribution in [2.24, 2.45) is 7.05 Å². The van der Waals surface area contributed by atoms with E-state index in [2.05, 4.69) is 38.4 Å². The van der Waals surface area contributed by atoms with Crippen molar-refractivity contribution < 1.29 is 0 Å². The van der Waals surface area contributed by atoms with Gasteiger partial charge >= 0.3 is 0 Å². The summed E-state index contributed by atoms with van der Waals surface area (Å²) in [5.41, 5.74) is 3.31. The third-order valence-electron chi connectivity index (χ3n) is 3.45. The van der Waals surface area contributed by atoms with Gasteiger partial charge in [0, 0.05) is 28.7 Å². The maximum Gasteiger partial charge on any atom is 0.203 e. The van der Waals surface area contributed by atoms with Crippen LogP contribution in [-0.2, 0) is 13.6 Å². The average molecular weight is 377 g/mol. The molecule has 3 aromatic rings. The lowest BCUT2D eigenvalue weighted by Crippen LogP contribution is -2.05. The Morgan fingerprint density at radius 2 is 2.00 bits per heavy atom. The zero-order chi connectivity index (χ0) is 15.5. The van der Waals surface area contributed by atoms with E-state index >= 15 is 0 Å². The quantitative estimate of drug-likeness (QED) is 0.685. The summed E-state index contributed by atoms with van der Waals surface area (Å²) in [4.78, 5) is 4.46. The summed E-state index contributed by atoms with van der Waals surface area (Å²) in [7, 11) is 2.00. The number of halogens is 2. The number of imidazole rings is 1. The molecule has 0 saturated heterocycles. The Labute approximate surface area is 143 Å². The summed E-state index contributed by atoms with van der Waals surface area (Å²) in [6, 6.07) is 16.0. The van der Waals surface area contributed by atoms with Crippen LogP contribution in [0.1, 0.15) is 5.56 Å². The lowest BCUT2D eigenvalue weighted by atomic mass is 10.2. The predicted molar refractivity (Wildman–Crippen MR) is 95.1 cm³/mol. The van der Waals surface area contributed by atoms with Gasteiger partial charge < -0.3 is 9.88 Å². The molecule has 3 rings (SSSR count). The summed E-state index contributed by atoms with van der Waals surface area (Å²) in [6.45, 7) is 0.684. The highest BCUT2D eigenvalue weighted by Gasteiger charge is 2.08. The van der Waals surface area contributed by atoms with E-state index < -0.39 is 0 Å². The molecule has 0 bridgehead atoms. The highest BCUT2D eigenvalue weighted by Crippen LogP contribution is 2.25. The van der Waals surface area contributed by atoms with Gasteiger partial charge in [0.05, 0.1) is 11.9 Å². The number of rotatable bonds is 4. The smallest absolute Gasteiger partial charge is 0.203 e. The maximum atomic E-state index is 6.00. The maximum absolute atomic E-state index is 6.00. The van der Waals surface area contributed by atoms with Gasteiger partial charge in [-0.3, -0.25) is 0 Å². The molecule has 0 spiro atoms. The number of benzene rings is 2. The van der Waals surface area contributed by atoms with Crippen LogP contribution < -0.4 is 5.32 Å². The highest BCUT2D eigenvalue weighted by atomic mass is 79.9. The van der Waals surface area contributed by atoms with Gasteiger partial charge in [-0.25, -0.2) is 4.98 Å². The zero-order valence-corrected chi connectivity index (χ0v) is 14.4. The Morgan fingerprint density at radius 3 is 2.77 bits per heavy atom. The third kappa shape index (κ3) is 3.34. The molecule has 0 aliphatic rings. The molecule has 1 N–H and O–H groups in total. The van der Waals surface area contributed by atoms with E-state index in [1.165, 1.54) is 0 Å². The molecule has 5 heteroatoms. The topological polar surface area (TPSA) is 29.9 Å². The van der Waals surface area contributed by atoms with E-state index in [1.807, 2.05) is 54.2 Å². The van der Waals surface area contributed by atoms with Gasteiger partial charge in [0.2, 0.25) is 5.95 Å². The van der Waals surface area contributed by atoms with E-state index in [4.69, 9.17) is 11.6 Å². The number of hydrogen-bond donors (Lipinski definition) is 1. The fourth-order valence-corrected chi connectivity index (χ4v) is 2.93. The van der Waals surface area contributed by atoms with Crippen LogP contribution in [0.5, 0.6) is 0 Å². The van der Waals surface area contributed by atoms with Crippen LogP contribution in [-0.4, -0.2) is 9.55 Å². The number of nitrogens with zero attached hydrogens (tertiary/aromatic N) is 2. The lowest BCUT2D eigenvalue weighted by Gasteiger charge is -2.09. The molecule has 0 atom stereocenters. The molecular formula is C17H15BrClN3. The second-order valence-corrected chi connectivity index (χ2v) is 6.37. The molecular weight excluding hydrogens is 362 g/mol. The minimum absolute atomic E-state index is 0.684. The van der Waals surface area contributed by atoms with Gasteiger partial charge in [0.15, 0.2) is 0 Å². The number of nitrogens with one attached hydrogen (secondary N) is 1. The van der Waals surface area contributed by atoms with Crippen molar-refractivity contribution in [3.8, 4) is 11.3 Å². The van der Waals surface area contributed by atoms with Crippen molar-refractivity contribution >= 4 is 33.5 Å². The SMILES string of the molecule is Cn1c(-c2cccc(Br)c2)cnc1NCc1cccc(Cl)c1. The van der Waals surface area contributed by atoms with Gasteiger partial charge in [0.25, 0.3) is 0 Å². The standard InChI is InChI=1S/C17H15BrClN3/c1-22-16(13-5-3-6-14(18)9-13)11-21-17(22)20-10-12-4-2-7-15(19)8-12/h2-9,11H,10H2,1H3,(H,20,21). The van der Waals surface area contributed by atoms with Gasteiger partial charge in [0.1, 0.15) is 0 Å². The molecule has 0 radical (unpaired) electrons. The van der Waals surface area contributed by atoms with Crippen LogP contribution in [0.2, 0.25) is 5.02 Å². The van der Waals surface area contributed by atoms with Crippen LogP contribution in [0.15, 0.2) is 59.2 Å². The summed E-state index contributed by atoms with van der Waals surface area (Å²) < 4.78 is 3.10. The van der Waals surface area contributed by atoms with E-state index in [0.29, 0.717) is 6.54 Å². The van der Waals surface area contributed by atoms with Crippen molar-refractivity contribution in [3.63, 3.8) is 0 Å². The van der Waals surface area contributed by atoms with Gasteiger partial charge in [-0.05, 0) is 29.8 Å². The Hall–Kier alpha value is -1.78. The Morgan fingerprint density at radius 1 is 1.18 bits per heavy atom. The van der Waals surface area contributed by atoms with Crippen LogP contribution in [0.3, 0.4) is 0 Å². The number of hydrogen-bond acceptors (Lipinski definition) is 2. The van der Waals surface area contributed by atoms with Gasteiger partial charge in [-0.1, -0.05) is 51.8 Å². The minimum atomic E-state index is 0.684. The van der Waals surface area contributed by atoms with E-state index in [1.54, 1.807) is 0 Å². The normalized spacial score (nSPS) is 10.7. The molecule has 0 fully saturated rings. The molecule has 2 aromatic carbocycles. The molecule has 0 aliphatic carbocycles. The Bertz CT molecular complexity index is 798. The van der Waals surface area contributed by atoms with Crippen molar-refractivity contribution in [1.82, 2.24) is 9.55 Å². The predicted octanol–water partition coefficient (Wildman–Crippen LogP) is 5.12. The summed E-state index contributed by atoms with van der Waals surface area (Å²) in [6.07, 6.45) is 1.88. The van der Waals surface area contributed by atoms with Crippen LogP contribution in [0.4, 0.5) is 5.95 Å². The van der Waals surface area contributed by atoms with Crippen LogP contribution in [0, 0.1) is 0 Å². The van der Waals surface area contributed by atoms with E-state index in [-0.39, 0.29) is 0 Å². The number of anilines is 1. The first-order chi connectivity index (χ1) is 10.6. The second kappa shape index (κ2) is 6.55.